The number of hydrogen-bond donors (Lipinski definition) is 0. The van der Waals surface area contributed by atoms with Gasteiger partial charge in [-0.05, 0) is 71.1 Å². The van der Waals surface area contributed by atoms with Crippen LogP contribution in [0.2, 0.25) is 0 Å². The SMILES string of the molecule is Cc1ccc(P(c2ccc(C)cc2)c2c(-c3ccc4ccccc4c3)ccc3ccccc23)cc1. The molecular weight excluding hydrogens is 439 g/mol. The van der Waals surface area contributed by atoms with Crippen molar-refractivity contribution in [3.05, 3.63) is 139 Å². The molecule has 0 unspecified atom stereocenters. The van der Waals surface area contributed by atoms with Crippen LogP contribution < -0.4 is 15.9 Å². The average molecular weight is 467 g/mol. The van der Waals surface area contributed by atoms with Crippen LogP contribution in [0.3, 0.4) is 0 Å². The third kappa shape index (κ3) is 4.16. The van der Waals surface area contributed by atoms with Gasteiger partial charge in [0.15, 0.2) is 0 Å². The van der Waals surface area contributed by atoms with Crippen LogP contribution in [0, 0.1) is 13.8 Å². The maximum atomic E-state index is 2.35. The molecule has 0 nitrogen and oxygen atoms in total. The van der Waals surface area contributed by atoms with E-state index in [4.69, 9.17) is 0 Å². The zero-order valence-corrected chi connectivity index (χ0v) is 21.0. The Morgan fingerprint density at radius 3 is 1.66 bits per heavy atom. The molecule has 0 fully saturated rings. The molecule has 1 heteroatoms. The van der Waals surface area contributed by atoms with E-state index in [2.05, 4.69) is 141 Å². The van der Waals surface area contributed by atoms with Crippen LogP contribution in [0.4, 0.5) is 0 Å². The fraction of sp³-hybridized carbons (Fsp3) is 0.0588. The van der Waals surface area contributed by atoms with Crippen molar-refractivity contribution in [1.29, 1.82) is 0 Å². The summed E-state index contributed by atoms with van der Waals surface area (Å²) in [6, 6.07) is 47.3. The van der Waals surface area contributed by atoms with Crippen molar-refractivity contribution >= 4 is 45.4 Å². The molecule has 0 amide bonds. The third-order valence-electron chi connectivity index (χ3n) is 6.77. The lowest BCUT2D eigenvalue weighted by Crippen LogP contribution is -2.23. The first-order valence-corrected chi connectivity index (χ1v) is 13.5. The molecule has 0 bridgehead atoms. The highest BCUT2D eigenvalue weighted by atomic mass is 31.1. The van der Waals surface area contributed by atoms with Crippen molar-refractivity contribution in [2.75, 3.05) is 0 Å². The third-order valence-corrected chi connectivity index (χ3v) is 9.33. The average Bonchev–Trinajstić information content (AvgIpc) is 2.90. The van der Waals surface area contributed by atoms with Crippen LogP contribution in [0.1, 0.15) is 11.1 Å². The van der Waals surface area contributed by atoms with Gasteiger partial charge in [0.25, 0.3) is 0 Å². The molecule has 0 heterocycles. The molecular formula is C34H27P. The highest BCUT2D eigenvalue weighted by molar-refractivity contribution is 7.80. The van der Waals surface area contributed by atoms with Crippen molar-refractivity contribution < 1.29 is 0 Å². The predicted molar refractivity (Wildman–Crippen MR) is 155 cm³/mol. The van der Waals surface area contributed by atoms with E-state index in [9.17, 15) is 0 Å². The number of fused-ring (bicyclic) bond motifs is 2. The van der Waals surface area contributed by atoms with Gasteiger partial charge in [0.1, 0.15) is 0 Å². The van der Waals surface area contributed by atoms with Crippen molar-refractivity contribution in [2.45, 2.75) is 13.8 Å². The Labute approximate surface area is 208 Å². The van der Waals surface area contributed by atoms with E-state index in [0.717, 1.165) is 0 Å². The van der Waals surface area contributed by atoms with Gasteiger partial charge in [0.05, 0.1) is 0 Å². The highest BCUT2D eigenvalue weighted by Crippen LogP contribution is 2.41. The normalized spacial score (nSPS) is 11.4. The lowest BCUT2D eigenvalue weighted by atomic mass is 9.98. The molecule has 0 aliphatic rings. The molecule has 0 spiro atoms. The van der Waals surface area contributed by atoms with E-state index in [1.807, 2.05) is 0 Å². The smallest absolute Gasteiger partial charge is 0.000594 e. The Hall–Kier alpha value is -3.73. The van der Waals surface area contributed by atoms with Gasteiger partial charge in [-0.1, -0.05) is 132 Å². The van der Waals surface area contributed by atoms with Crippen molar-refractivity contribution in [3.8, 4) is 11.1 Å². The minimum atomic E-state index is -0.758. The van der Waals surface area contributed by atoms with Gasteiger partial charge >= 0.3 is 0 Å². The standard InChI is InChI=1S/C34H27P/c1-24-11-18-30(19-12-24)35(31-20-13-25(2)14-21-31)34-32-10-6-5-8-27(32)17-22-33(34)29-16-15-26-7-3-4-9-28(26)23-29/h3-23H,1-2H3. The molecule has 0 aromatic heterocycles. The molecule has 0 atom stereocenters. The fourth-order valence-corrected chi connectivity index (χ4v) is 7.48. The summed E-state index contributed by atoms with van der Waals surface area (Å²) in [7, 11) is -0.758. The molecule has 6 aromatic rings. The zero-order valence-electron chi connectivity index (χ0n) is 20.1. The van der Waals surface area contributed by atoms with E-state index >= 15 is 0 Å². The van der Waals surface area contributed by atoms with Crippen molar-refractivity contribution in [2.24, 2.45) is 0 Å². The fourth-order valence-electron chi connectivity index (χ4n) is 4.88. The van der Waals surface area contributed by atoms with Gasteiger partial charge in [-0.2, -0.15) is 0 Å². The number of rotatable bonds is 4. The number of hydrogen-bond acceptors (Lipinski definition) is 0. The molecule has 0 aliphatic carbocycles. The molecule has 0 saturated carbocycles. The zero-order chi connectivity index (χ0) is 23.8. The molecule has 168 valence electrons. The maximum Gasteiger partial charge on any atom is 0.000594 e. The molecule has 0 saturated heterocycles. The van der Waals surface area contributed by atoms with Gasteiger partial charge < -0.3 is 0 Å². The Morgan fingerprint density at radius 1 is 0.457 bits per heavy atom. The number of benzene rings is 6. The summed E-state index contributed by atoms with van der Waals surface area (Å²) < 4.78 is 0. The molecule has 6 aromatic carbocycles. The Bertz CT molecular complexity index is 1600. The van der Waals surface area contributed by atoms with Crippen molar-refractivity contribution in [3.63, 3.8) is 0 Å². The van der Waals surface area contributed by atoms with Crippen molar-refractivity contribution in [1.82, 2.24) is 0 Å². The summed E-state index contributed by atoms with van der Waals surface area (Å²) in [6.07, 6.45) is 0. The van der Waals surface area contributed by atoms with Gasteiger partial charge in [0, 0.05) is 5.30 Å². The van der Waals surface area contributed by atoms with Crippen LogP contribution in [0.15, 0.2) is 127 Å². The quantitative estimate of drug-likeness (QED) is 0.231. The lowest BCUT2D eigenvalue weighted by molar-refractivity contribution is 1.49. The van der Waals surface area contributed by atoms with E-state index in [1.165, 1.54) is 59.7 Å². The van der Waals surface area contributed by atoms with Gasteiger partial charge in [-0.25, -0.2) is 0 Å². The molecule has 0 aliphatic heterocycles. The Morgan fingerprint density at radius 2 is 1.00 bits per heavy atom. The second kappa shape index (κ2) is 9.14. The van der Waals surface area contributed by atoms with E-state index in [1.54, 1.807) is 0 Å². The van der Waals surface area contributed by atoms with Crippen LogP contribution in [0.25, 0.3) is 32.7 Å². The first-order valence-electron chi connectivity index (χ1n) is 12.1. The predicted octanol–water partition coefficient (Wildman–Crippen LogP) is 8.04. The van der Waals surface area contributed by atoms with E-state index in [-0.39, 0.29) is 0 Å². The summed E-state index contributed by atoms with van der Waals surface area (Å²) >= 11 is 0. The van der Waals surface area contributed by atoms with Crippen LogP contribution >= 0.6 is 7.92 Å². The van der Waals surface area contributed by atoms with E-state index < -0.39 is 7.92 Å². The van der Waals surface area contributed by atoms with Gasteiger partial charge in [-0.3, -0.25) is 0 Å². The highest BCUT2D eigenvalue weighted by Gasteiger charge is 2.23. The summed E-state index contributed by atoms with van der Waals surface area (Å²) in [5.41, 5.74) is 5.18. The minimum Gasteiger partial charge on any atom is -0.0616 e. The summed E-state index contributed by atoms with van der Waals surface area (Å²) in [4.78, 5) is 0. The molecule has 0 N–H and O–H groups in total. The first kappa shape index (κ1) is 21.8. The van der Waals surface area contributed by atoms with Gasteiger partial charge in [0.2, 0.25) is 0 Å². The largest absolute Gasteiger partial charge is 0.0616 e. The number of aryl methyl sites for hydroxylation is 2. The summed E-state index contributed by atoms with van der Waals surface area (Å²) in [5, 5.41) is 9.38. The second-order valence-electron chi connectivity index (χ2n) is 9.25. The monoisotopic (exact) mass is 466 g/mol. The maximum absolute atomic E-state index is 2.35. The van der Waals surface area contributed by atoms with Crippen LogP contribution in [-0.4, -0.2) is 0 Å². The second-order valence-corrected chi connectivity index (χ2v) is 11.4. The van der Waals surface area contributed by atoms with E-state index in [0.29, 0.717) is 0 Å². The topological polar surface area (TPSA) is 0 Å². The molecule has 6 rings (SSSR count). The van der Waals surface area contributed by atoms with Crippen LogP contribution in [0.5, 0.6) is 0 Å². The summed E-state index contributed by atoms with van der Waals surface area (Å²) in [5.74, 6) is 0. The Balaban J connectivity index is 1.68. The lowest BCUT2D eigenvalue weighted by Gasteiger charge is -2.25. The molecule has 35 heavy (non-hydrogen) atoms. The van der Waals surface area contributed by atoms with Gasteiger partial charge in [-0.15, -0.1) is 0 Å². The first-order chi connectivity index (χ1) is 17.2. The Kier molecular flexibility index (Phi) is 5.69. The minimum absolute atomic E-state index is 0.758. The van der Waals surface area contributed by atoms with Crippen LogP contribution in [-0.2, 0) is 0 Å². The molecule has 0 radical (unpaired) electrons. The summed E-state index contributed by atoms with van der Waals surface area (Å²) in [6.45, 7) is 4.33.